The fourth-order valence-electron chi connectivity index (χ4n) is 2.69. The maximum atomic E-state index is 12.5. The van der Waals surface area contributed by atoms with E-state index in [1.54, 1.807) is 19.1 Å². The molecule has 1 atom stereocenters. The summed E-state index contributed by atoms with van der Waals surface area (Å²) in [5.74, 6) is -1.27. The first-order valence-corrected chi connectivity index (χ1v) is 9.28. The number of aromatic nitrogens is 4. The molecule has 3 aromatic rings. The standard InChI is InChI=1S/C20H20ClN5O3/c1-11-7-8-16(12(2)10-11)26-24-13(3)17(25-26)20(28)29-14(4)19(27)23-15-6-5-9-22-18(15)21/h5-10,14H,1-4H3,(H,23,27)/t14-/m0/s1. The van der Waals surface area contributed by atoms with Crippen molar-refractivity contribution in [2.75, 3.05) is 5.32 Å². The molecule has 0 unspecified atom stereocenters. The first-order chi connectivity index (χ1) is 13.8. The summed E-state index contributed by atoms with van der Waals surface area (Å²) in [6.45, 7) is 7.05. The van der Waals surface area contributed by atoms with Gasteiger partial charge in [-0.2, -0.15) is 9.90 Å². The fraction of sp³-hybridized carbons (Fsp3) is 0.250. The van der Waals surface area contributed by atoms with Crippen LogP contribution in [-0.4, -0.2) is 38.0 Å². The van der Waals surface area contributed by atoms with E-state index in [0.717, 1.165) is 16.8 Å². The van der Waals surface area contributed by atoms with Crippen LogP contribution in [0.5, 0.6) is 0 Å². The Morgan fingerprint density at radius 2 is 1.93 bits per heavy atom. The number of esters is 1. The number of halogens is 1. The first-order valence-electron chi connectivity index (χ1n) is 8.90. The molecule has 1 N–H and O–H groups in total. The van der Waals surface area contributed by atoms with Crippen LogP contribution in [-0.2, 0) is 9.53 Å². The van der Waals surface area contributed by atoms with Gasteiger partial charge in [0.2, 0.25) is 0 Å². The quantitative estimate of drug-likeness (QED) is 0.508. The average molecular weight is 414 g/mol. The lowest BCUT2D eigenvalue weighted by molar-refractivity contribution is -0.123. The van der Waals surface area contributed by atoms with Crippen LogP contribution in [0.1, 0.15) is 34.2 Å². The smallest absolute Gasteiger partial charge is 0.361 e. The second-order valence-electron chi connectivity index (χ2n) is 6.59. The van der Waals surface area contributed by atoms with E-state index in [2.05, 4.69) is 20.5 Å². The molecule has 1 aromatic carbocycles. The van der Waals surface area contributed by atoms with Crippen molar-refractivity contribution in [3.8, 4) is 5.69 Å². The number of pyridine rings is 1. The van der Waals surface area contributed by atoms with Crippen molar-refractivity contribution in [3.05, 3.63) is 64.2 Å². The number of rotatable bonds is 5. The van der Waals surface area contributed by atoms with Crippen molar-refractivity contribution in [2.45, 2.75) is 33.8 Å². The molecule has 0 bridgehead atoms. The third-order valence-electron chi connectivity index (χ3n) is 4.21. The molecule has 29 heavy (non-hydrogen) atoms. The van der Waals surface area contributed by atoms with Crippen molar-refractivity contribution in [1.29, 1.82) is 0 Å². The highest BCUT2D eigenvalue weighted by atomic mass is 35.5. The van der Waals surface area contributed by atoms with Crippen LogP contribution < -0.4 is 5.32 Å². The summed E-state index contributed by atoms with van der Waals surface area (Å²) in [7, 11) is 0. The summed E-state index contributed by atoms with van der Waals surface area (Å²) in [5, 5.41) is 11.3. The number of nitrogens with one attached hydrogen (secondary N) is 1. The second-order valence-corrected chi connectivity index (χ2v) is 6.95. The Bertz CT molecular complexity index is 1080. The number of benzene rings is 1. The Hall–Kier alpha value is -3.26. The van der Waals surface area contributed by atoms with Crippen LogP contribution in [0.4, 0.5) is 5.69 Å². The number of amides is 1. The maximum absolute atomic E-state index is 12.5. The van der Waals surface area contributed by atoms with Crippen LogP contribution in [0.25, 0.3) is 5.69 Å². The normalized spacial score (nSPS) is 11.8. The Labute approximate surface area is 172 Å². The molecule has 150 valence electrons. The molecule has 2 aromatic heterocycles. The van der Waals surface area contributed by atoms with Gasteiger partial charge in [0.25, 0.3) is 5.91 Å². The number of hydrogen-bond donors (Lipinski definition) is 1. The number of anilines is 1. The molecule has 0 saturated carbocycles. The number of carbonyl (C=O) groups is 2. The van der Waals surface area contributed by atoms with E-state index in [4.69, 9.17) is 16.3 Å². The van der Waals surface area contributed by atoms with Gasteiger partial charge in [-0.1, -0.05) is 29.3 Å². The Kier molecular flexibility index (Phi) is 5.93. The summed E-state index contributed by atoms with van der Waals surface area (Å²) in [6, 6.07) is 9.05. The number of nitrogens with zero attached hydrogens (tertiary/aromatic N) is 4. The molecule has 0 radical (unpaired) electrons. The van der Waals surface area contributed by atoms with Crippen molar-refractivity contribution in [1.82, 2.24) is 20.0 Å². The predicted octanol–water partition coefficient (Wildman–Crippen LogP) is 3.42. The highest BCUT2D eigenvalue weighted by Gasteiger charge is 2.24. The van der Waals surface area contributed by atoms with Crippen molar-refractivity contribution in [2.24, 2.45) is 0 Å². The molecule has 0 fully saturated rings. The number of ether oxygens (including phenoxy) is 1. The minimum Gasteiger partial charge on any atom is -0.448 e. The second kappa shape index (κ2) is 8.40. The average Bonchev–Trinajstić information content (AvgIpc) is 3.05. The Morgan fingerprint density at radius 3 is 2.62 bits per heavy atom. The first kappa shape index (κ1) is 20.5. The summed E-state index contributed by atoms with van der Waals surface area (Å²) in [4.78, 5) is 30.1. The zero-order valence-corrected chi connectivity index (χ0v) is 17.2. The summed E-state index contributed by atoms with van der Waals surface area (Å²) >= 11 is 5.92. The van der Waals surface area contributed by atoms with Gasteiger partial charge in [0, 0.05) is 6.20 Å². The molecular formula is C20H20ClN5O3. The van der Waals surface area contributed by atoms with Gasteiger partial charge >= 0.3 is 5.97 Å². The van der Waals surface area contributed by atoms with Crippen LogP contribution in [0, 0.1) is 20.8 Å². The maximum Gasteiger partial charge on any atom is 0.361 e. The molecule has 0 saturated heterocycles. The van der Waals surface area contributed by atoms with Crippen LogP contribution in [0.3, 0.4) is 0 Å². The van der Waals surface area contributed by atoms with Gasteiger partial charge in [-0.15, -0.1) is 5.10 Å². The molecular weight excluding hydrogens is 394 g/mol. The third kappa shape index (κ3) is 4.60. The molecule has 1 amide bonds. The molecule has 0 spiro atoms. The van der Waals surface area contributed by atoms with E-state index in [0.29, 0.717) is 11.4 Å². The van der Waals surface area contributed by atoms with Crippen molar-refractivity contribution >= 4 is 29.2 Å². The lowest BCUT2D eigenvalue weighted by Crippen LogP contribution is -2.30. The molecule has 0 aliphatic heterocycles. The van der Waals surface area contributed by atoms with E-state index in [1.165, 1.54) is 17.9 Å². The minimum absolute atomic E-state index is 0.0454. The molecule has 3 rings (SSSR count). The van der Waals surface area contributed by atoms with Crippen molar-refractivity contribution in [3.63, 3.8) is 0 Å². The minimum atomic E-state index is -1.07. The zero-order chi connectivity index (χ0) is 21.1. The number of carbonyl (C=O) groups excluding carboxylic acids is 2. The molecule has 0 aliphatic carbocycles. The van der Waals surface area contributed by atoms with Gasteiger partial charge in [0.05, 0.1) is 17.1 Å². The number of hydrogen-bond acceptors (Lipinski definition) is 6. The summed E-state index contributed by atoms with van der Waals surface area (Å²) < 4.78 is 5.26. The van der Waals surface area contributed by atoms with Crippen LogP contribution in [0.2, 0.25) is 5.15 Å². The summed E-state index contributed by atoms with van der Waals surface area (Å²) in [5.41, 5.74) is 3.63. The third-order valence-corrected chi connectivity index (χ3v) is 4.51. The van der Waals surface area contributed by atoms with Crippen LogP contribution in [0.15, 0.2) is 36.5 Å². The van der Waals surface area contributed by atoms with Gasteiger partial charge in [0.15, 0.2) is 17.0 Å². The van der Waals surface area contributed by atoms with E-state index in [9.17, 15) is 9.59 Å². The topological polar surface area (TPSA) is 99.0 Å². The van der Waals surface area contributed by atoms with Gasteiger partial charge in [-0.3, -0.25) is 4.79 Å². The Morgan fingerprint density at radius 1 is 1.17 bits per heavy atom. The summed E-state index contributed by atoms with van der Waals surface area (Å²) in [6.07, 6.45) is 0.438. The zero-order valence-electron chi connectivity index (χ0n) is 16.4. The number of aryl methyl sites for hydroxylation is 3. The Balaban J connectivity index is 1.73. The largest absolute Gasteiger partial charge is 0.448 e. The van der Waals surface area contributed by atoms with Gasteiger partial charge in [-0.05, 0) is 51.5 Å². The van der Waals surface area contributed by atoms with E-state index in [1.807, 2.05) is 32.0 Å². The van der Waals surface area contributed by atoms with Crippen molar-refractivity contribution < 1.29 is 14.3 Å². The highest BCUT2D eigenvalue weighted by Crippen LogP contribution is 2.19. The van der Waals surface area contributed by atoms with E-state index >= 15 is 0 Å². The lowest BCUT2D eigenvalue weighted by Gasteiger charge is -2.13. The van der Waals surface area contributed by atoms with Gasteiger partial charge in [-0.25, -0.2) is 9.78 Å². The SMILES string of the molecule is Cc1ccc(-n2nc(C)c(C(=O)O[C@@H](C)C(=O)Nc3cccnc3Cl)n2)c(C)c1. The van der Waals surface area contributed by atoms with Gasteiger partial charge in [0.1, 0.15) is 0 Å². The molecule has 0 aliphatic rings. The monoisotopic (exact) mass is 413 g/mol. The van der Waals surface area contributed by atoms with E-state index < -0.39 is 18.0 Å². The van der Waals surface area contributed by atoms with Gasteiger partial charge < -0.3 is 10.1 Å². The molecule has 9 heteroatoms. The lowest BCUT2D eigenvalue weighted by atomic mass is 10.1. The predicted molar refractivity (Wildman–Crippen MR) is 108 cm³/mol. The fourth-order valence-corrected chi connectivity index (χ4v) is 2.86. The van der Waals surface area contributed by atoms with E-state index in [-0.39, 0.29) is 10.8 Å². The molecule has 2 heterocycles. The highest BCUT2D eigenvalue weighted by molar-refractivity contribution is 6.32. The molecule has 8 nitrogen and oxygen atoms in total. The van der Waals surface area contributed by atoms with Crippen LogP contribution >= 0.6 is 11.6 Å².